The number of nitrogens with one attached hydrogen (secondary N) is 2. The van der Waals surface area contributed by atoms with Crippen LogP contribution in [0.3, 0.4) is 0 Å². The summed E-state index contributed by atoms with van der Waals surface area (Å²) in [6.45, 7) is 7.48. The van der Waals surface area contributed by atoms with Crippen LogP contribution in [0.1, 0.15) is 120 Å². The van der Waals surface area contributed by atoms with Crippen LogP contribution in [0.15, 0.2) is 0 Å². The Hall–Kier alpha value is -3.57. The number of carbonyl (C=O) groups excluding carboxylic acids is 7. The van der Waals surface area contributed by atoms with Crippen LogP contribution in [0.25, 0.3) is 0 Å². The van der Waals surface area contributed by atoms with Crippen LogP contribution < -0.4 is 10.6 Å². The fourth-order valence-electron chi connectivity index (χ4n) is 6.85. The van der Waals surface area contributed by atoms with Crippen LogP contribution in [0.5, 0.6) is 0 Å². The maximum atomic E-state index is 13.4. The highest BCUT2D eigenvalue weighted by Crippen LogP contribution is 2.61. The molecule has 2 saturated heterocycles. The van der Waals surface area contributed by atoms with Gasteiger partial charge in [0.15, 0.2) is 30.9 Å². The van der Waals surface area contributed by atoms with Gasteiger partial charge in [0.25, 0.3) is 0 Å². The second kappa shape index (κ2) is 27.8. The third-order valence-electron chi connectivity index (χ3n) is 9.33. The highest BCUT2D eigenvalue weighted by Gasteiger charge is 2.57. The summed E-state index contributed by atoms with van der Waals surface area (Å²) < 4.78 is 85.9. The van der Waals surface area contributed by atoms with Gasteiger partial charge in [-0.15, -0.1) is 0 Å². The highest BCUT2D eigenvalue weighted by molar-refractivity contribution is 7.61. The van der Waals surface area contributed by atoms with E-state index in [9.17, 15) is 52.5 Å². The predicted molar refractivity (Wildman–Crippen MR) is 217 cm³/mol. The van der Waals surface area contributed by atoms with Gasteiger partial charge < -0.3 is 58.3 Å². The van der Waals surface area contributed by atoms with Gasteiger partial charge in [0.05, 0.1) is 6.61 Å². The summed E-state index contributed by atoms with van der Waals surface area (Å²) in [6, 6.07) is -3.45. The smallest absolute Gasteiger partial charge is 0.463 e. The first-order valence-electron chi connectivity index (χ1n) is 20.9. The lowest BCUT2D eigenvalue weighted by atomic mass is 9.94. The molecule has 0 radical (unpaired) electrons. The topological polar surface area (TPSA) is 320 Å². The lowest BCUT2D eigenvalue weighted by molar-refractivity contribution is -0.328. The van der Waals surface area contributed by atoms with Crippen molar-refractivity contribution in [1.82, 2.24) is 10.6 Å². The van der Waals surface area contributed by atoms with Crippen molar-refractivity contribution in [2.24, 2.45) is 0 Å². The molecule has 0 saturated carbocycles. The SMILES string of the molecule is CCCCCCCCCCCCOP(=O)(O)OP(=O)(O)O[C@H]1O[C@H](COC(C)=O)[C@@H](O[C@@H]2O[C@H](COC(C)=O)[C@@H](OC(C)=O)[C@H](OC(C)=O)[C@H]2NC(C)=O)[C@H](OC(C)=O)[C@H]1NC(C)=O. The molecule has 0 aromatic rings. The molecule has 2 rings (SSSR count). The molecule has 2 amide bonds. The summed E-state index contributed by atoms with van der Waals surface area (Å²) in [5, 5.41) is 4.84. The summed E-state index contributed by atoms with van der Waals surface area (Å²) >= 11 is 0. The number of rotatable bonds is 27. The van der Waals surface area contributed by atoms with Crippen molar-refractivity contribution in [1.29, 1.82) is 0 Å². The van der Waals surface area contributed by atoms with Crippen LogP contribution in [-0.4, -0.2) is 133 Å². The molecule has 2 aliphatic rings. The number of phosphoric ester groups is 2. The number of hydrogen-bond acceptors (Lipinski definition) is 20. The maximum Gasteiger partial charge on any atom is 0.483 e. The van der Waals surface area contributed by atoms with E-state index in [4.69, 9.17) is 46.9 Å². The van der Waals surface area contributed by atoms with Crippen LogP contribution >= 0.6 is 15.6 Å². The molecule has 24 nitrogen and oxygen atoms in total. The molecule has 0 aromatic heterocycles. The largest absolute Gasteiger partial charge is 0.483 e. The van der Waals surface area contributed by atoms with Gasteiger partial charge in [0.1, 0.15) is 43.6 Å². The summed E-state index contributed by atoms with van der Waals surface area (Å²) in [7, 11) is -11.0. The number of unbranched alkanes of at least 4 members (excludes halogenated alkanes) is 9. The van der Waals surface area contributed by atoms with E-state index in [1.807, 2.05) is 0 Å². The number of hydrogen-bond donors (Lipinski definition) is 4. The first-order valence-corrected chi connectivity index (χ1v) is 23.9. The van der Waals surface area contributed by atoms with E-state index in [1.165, 1.54) is 12.8 Å². The third kappa shape index (κ3) is 21.2. The van der Waals surface area contributed by atoms with E-state index in [0.717, 1.165) is 87.0 Å². The quantitative estimate of drug-likeness (QED) is 0.0398. The van der Waals surface area contributed by atoms with E-state index in [-0.39, 0.29) is 6.61 Å². The molecule has 0 spiro atoms. The highest BCUT2D eigenvalue weighted by atomic mass is 31.3. The molecule has 0 aliphatic carbocycles. The molecule has 12 atom stereocenters. The van der Waals surface area contributed by atoms with Gasteiger partial charge in [-0.3, -0.25) is 42.6 Å². The fraction of sp³-hybridized carbons (Fsp3) is 0.816. The van der Waals surface area contributed by atoms with Crippen LogP contribution in [-0.2, 0) is 93.9 Å². The zero-order valence-corrected chi connectivity index (χ0v) is 39.2. The Kier molecular flexibility index (Phi) is 24.6. The Morgan fingerprint density at radius 1 is 0.531 bits per heavy atom. The minimum atomic E-state index is -5.72. The van der Waals surface area contributed by atoms with Crippen molar-refractivity contribution in [2.75, 3.05) is 19.8 Å². The molecule has 2 unspecified atom stereocenters. The number of phosphoric acid groups is 2. The van der Waals surface area contributed by atoms with Gasteiger partial charge in [-0.1, -0.05) is 64.7 Å². The summed E-state index contributed by atoms with van der Waals surface area (Å²) in [5.74, 6) is -6.21. The first-order chi connectivity index (χ1) is 29.9. The average molecular weight is 963 g/mol. The van der Waals surface area contributed by atoms with Crippen LogP contribution in [0.2, 0.25) is 0 Å². The predicted octanol–water partition coefficient (Wildman–Crippen LogP) is 2.92. The Labute approximate surface area is 371 Å². The molecular weight excluding hydrogens is 898 g/mol. The monoisotopic (exact) mass is 962 g/mol. The van der Waals surface area contributed by atoms with Gasteiger partial charge in [0, 0.05) is 48.5 Å². The summed E-state index contributed by atoms with van der Waals surface area (Å²) in [4.78, 5) is 108. The molecule has 4 N–H and O–H groups in total. The van der Waals surface area contributed by atoms with Gasteiger partial charge in [-0.05, 0) is 6.42 Å². The van der Waals surface area contributed by atoms with Crippen molar-refractivity contribution < 1.29 is 104 Å². The van der Waals surface area contributed by atoms with E-state index in [2.05, 4.69) is 21.9 Å². The Morgan fingerprint density at radius 3 is 1.39 bits per heavy atom. The summed E-state index contributed by atoms with van der Waals surface area (Å²) in [5.41, 5.74) is 0. The van der Waals surface area contributed by atoms with E-state index in [1.54, 1.807) is 0 Å². The van der Waals surface area contributed by atoms with Crippen molar-refractivity contribution in [3.05, 3.63) is 0 Å². The van der Waals surface area contributed by atoms with E-state index < -0.39 is 132 Å². The standard InChI is InChI=1S/C38H64N2O22P2/c1-9-10-11-12-13-14-15-16-17-18-19-54-63(48,49)62-64(50,51)61-38-32(40-23(3)42)36(57-28(8)47)34(30(59-38)21-53-25(5)44)60-37-31(39-22(2)41)35(56-27(7)46)33(55-26(6)45)29(58-37)20-52-24(4)43/h29-38H,9-21H2,1-8H3,(H,39,41)(H,40,42)(H,48,49)(H,50,51)/t29-,30-,31-,32-,33-,34-,35-,36-,37+,38-/m1/s1. The Morgan fingerprint density at radius 2 is 0.938 bits per heavy atom. The van der Waals surface area contributed by atoms with Crippen molar-refractivity contribution >= 4 is 57.3 Å². The van der Waals surface area contributed by atoms with Crippen LogP contribution in [0.4, 0.5) is 0 Å². The van der Waals surface area contributed by atoms with Crippen LogP contribution in [0, 0.1) is 0 Å². The molecule has 2 heterocycles. The zero-order valence-electron chi connectivity index (χ0n) is 37.4. The molecular formula is C38H64N2O22P2. The first kappa shape index (κ1) is 56.6. The van der Waals surface area contributed by atoms with E-state index >= 15 is 0 Å². The van der Waals surface area contributed by atoms with Crippen molar-refractivity contribution in [3.63, 3.8) is 0 Å². The maximum absolute atomic E-state index is 13.4. The van der Waals surface area contributed by atoms with E-state index in [0.29, 0.717) is 12.8 Å². The lowest BCUT2D eigenvalue weighted by Gasteiger charge is -2.49. The number of amides is 2. The van der Waals surface area contributed by atoms with Gasteiger partial charge >= 0.3 is 45.5 Å². The summed E-state index contributed by atoms with van der Waals surface area (Å²) in [6.07, 6.45) is -4.54. The van der Waals surface area contributed by atoms with Gasteiger partial charge in [-0.25, -0.2) is 9.13 Å². The normalized spacial score (nSPS) is 27.4. The Bertz CT molecular complexity index is 1670. The molecule has 2 aliphatic heterocycles. The van der Waals surface area contributed by atoms with Gasteiger partial charge in [0.2, 0.25) is 11.8 Å². The molecule has 0 bridgehead atoms. The number of ether oxygens (including phenoxy) is 8. The minimum Gasteiger partial charge on any atom is -0.463 e. The third-order valence-corrected chi connectivity index (χ3v) is 12.0. The lowest BCUT2D eigenvalue weighted by Crippen LogP contribution is -2.70. The molecule has 2 fully saturated rings. The molecule has 368 valence electrons. The fourth-order valence-corrected chi connectivity index (χ4v) is 9.04. The minimum absolute atomic E-state index is 0.318. The average Bonchev–Trinajstić information content (AvgIpc) is 3.15. The number of carbonyl (C=O) groups is 7. The molecule has 26 heteroatoms. The van der Waals surface area contributed by atoms with Crippen molar-refractivity contribution in [3.8, 4) is 0 Å². The number of esters is 5. The second-order valence-electron chi connectivity index (χ2n) is 15.1. The molecule has 64 heavy (non-hydrogen) atoms. The Balaban J connectivity index is 2.50. The van der Waals surface area contributed by atoms with Crippen molar-refractivity contribution in [2.45, 2.75) is 181 Å². The van der Waals surface area contributed by atoms with Gasteiger partial charge in [-0.2, -0.15) is 4.31 Å². The molecule has 0 aromatic carbocycles. The zero-order chi connectivity index (χ0) is 48.2. The second-order valence-corrected chi connectivity index (χ2v) is 18.1.